The Kier molecular flexibility index (Phi) is 7.58. The summed E-state index contributed by atoms with van der Waals surface area (Å²) in [6.07, 6.45) is 10.3. The average molecular weight is 479 g/mol. The second-order valence-corrected chi connectivity index (χ2v) is 10.3. The summed E-state index contributed by atoms with van der Waals surface area (Å²) in [5.41, 5.74) is 2.75. The van der Waals surface area contributed by atoms with Crippen LogP contribution in [0, 0.1) is 6.92 Å². The Morgan fingerprint density at radius 2 is 2.06 bits per heavy atom. The van der Waals surface area contributed by atoms with Crippen LogP contribution >= 0.6 is 0 Å². The first-order valence-corrected chi connectivity index (χ1v) is 13.4. The number of aromatic amines is 1. The molecule has 8 heteroatoms. The molecule has 2 aliphatic rings. The Balaban J connectivity index is 1.50. The highest BCUT2D eigenvalue weighted by molar-refractivity contribution is 5.81. The van der Waals surface area contributed by atoms with E-state index in [1.807, 2.05) is 19.1 Å². The van der Waals surface area contributed by atoms with Crippen LogP contribution in [0.15, 0.2) is 29.1 Å². The van der Waals surface area contributed by atoms with Crippen LogP contribution in [0.4, 0.5) is 0 Å². The fourth-order valence-corrected chi connectivity index (χ4v) is 5.87. The van der Waals surface area contributed by atoms with Crippen molar-refractivity contribution < 1.29 is 4.74 Å². The van der Waals surface area contributed by atoms with Gasteiger partial charge in [-0.1, -0.05) is 50.8 Å². The number of hydrogen-bond acceptors (Lipinski definition) is 6. The minimum absolute atomic E-state index is 0.0220. The third kappa shape index (κ3) is 5.33. The van der Waals surface area contributed by atoms with E-state index in [1.165, 1.54) is 19.3 Å². The van der Waals surface area contributed by atoms with Gasteiger partial charge in [0.2, 0.25) is 0 Å². The van der Waals surface area contributed by atoms with Gasteiger partial charge in [0.1, 0.15) is 0 Å². The predicted octanol–water partition coefficient (Wildman–Crippen LogP) is 4.85. The van der Waals surface area contributed by atoms with E-state index in [4.69, 9.17) is 4.74 Å². The molecule has 35 heavy (non-hydrogen) atoms. The number of ether oxygens (including phenoxy) is 1. The summed E-state index contributed by atoms with van der Waals surface area (Å²) in [5, 5.41) is 14.2. The molecule has 0 bridgehead atoms. The molecule has 1 N–H and O–H groups in total. The third-order valence-corrected chi connectivity index (χ3v) is 7.74. The lowest BCUT2D eigenvalue weighted by Gasteiger charge is -2.33. The van der Waals surface area contributed by atoms with Gasteiger partial charge in [-0.25, -0.2) is 4.68 Å². The van der Waals surface area contributed by atoms with Gasteiger partial charge in [-0.15, -0.1) is 5.10 Å². The number of aromatic nitrogens is 5. The molecule has 1 aliphatic heterocycles. The maximum atomic E-state index is 13.2. The molecule has 1 saturated carbocycles. The number of tetrazole rings is 1. The van der Waals surface area contributed by atoms with Crippen molar-refractivity contribution in [2.45, 2.75) is 96.4 Å². The van der Waals surface area contributed by atoms with Crippen LogP contribution in [0.25, 0.3) is 10.9 Å². The smallest absolute Gasteiger partial charge is 0.252 e. The first-order chi connectivity index (χ1) is 17.1. The molecule has 8 nitrogen and oxygen atoms in total. The topological polar surface area (TPSA) is 88.9 Å². The number of aryl methyl sites for hydroxylation is 1. The van der Waals surface area contributed by atoms with E-state index >= 15 is 0 Å². The number of nitrogens with zero attached hydrogens (tertiary/aromatic N) is 5. The summed E-state index contributed by atoms with van der Waals surface area (Å²) in [6, 6.07) is 8.60. The summed E-state index contributed by atoms with van der Waals surface area (Å²) in [5.74, 6) is 0.935. The summed E-state index contributed by atoms with van der Waals surface area (Å²) in [7, 11) is 0. The van der Waals surface area contributed by atoms with Crippen LogP contribution in [0.2, 0.25) is 0 Å². The maximum Gasteiger partial charge on any atom is 0.252 e. The molecule has 3 heterocycles. The van der Waals surface area contributed by atoms with Gasteiger partial charge in [0.05, 0.1) is 23.7 Å². The fraction of sp³-hybridized carbons (Fsp3) is 0.630. The molecule has 1 aliphatic carbocycles. The molecular weight excluding hydrogens is 440 g/mol. The summed E-state index contributed by atoms with van der Waals surface area (Å²) in [4.78, 5) is 18.7. The Labute approximate surface area is 207 Å². The van der Waals surface area contributed by atoms with E-state index in [2.05, 4.69) is 49.1 Å². The Hall–Kier alpha value is -2.58. The van der Waals surface area contributed by atoms with Gasteiger partial charge >= 0.3 is 0 Å². The second-order valence-electron chi connectivity index (χ2n) is 10.3. The lowest BCUT2D eigenvalue weighted by atomic mass is 9.95. The van der Waals surface area contributed by atoms with E-state index in [1.54, 1.807) is 0 Å². The zero-order chi connectivity index (χ0) is 24.2. The summed E-state index contributed by atoms with van der Waals surface area (Å²) < 4.78 is 8.14. The van der Waals surface area contributed by atoms with E-state index < -0.39 is 0 Å². The number of H-pyrrole nitrogens is 1. The van der Waals surface area contributed by atoms with E-state index in [0.29, 0.717) is 12.6 Å². The highest BCUT2D eigenvalue weighted by Crippen LogP contribution is 2.33. The third-order valence-electron chi connectivity index (χ3n) is 7.74. The molecule has 2 fully saturated rings. The van der Waals surface area contributed by atoms with E-state index in [-0.39, 0.29) is 17.7 Å². The van der Waals surface area contributed by atoms with Gasteiger partial charge in [0.15, 0.2) is 5.82 Å². The predicted molar refractivity (Wildman–Crippen MR) is 136 cm³/mol. The molecule has 2 atom stereocenters. The van der Waals surface area contributed by atoms with Crippen molar-refractivity contribution >= 4 is 10.9 Å². The van der Waals surface area contributed by atoms with Gasteiger partial charge in [0.25, 0.3) is 5.56 Å². The molecule has 0 unspecified atom stereocenters. The van der Waals surface area contributed by atoms with Crippen LogP contribution < -0.4 is 5.56 Å². The standard InChI is InChI=1S/C27H38N6O2/c1-3-9-24(26-29-30-31-33(26)22-12-5-4-6-13-22)32(18-23-14-8-15-35-23)17-21-16-20-11-7-10-19(2)25(20)28-27(21)34/h7,10-11,16,22-24H,3-6,8-9,12-15,17-18H2,1-2H3,(H,28,34)/t23-,24-/m0/s1. The fourth-order valence-electron chi connectivity index (χ4n) is 5.87. The largest absolute Gasteiger partial charge is 0.377 e. The molecule has 0 amide bonds. The minimum atomic E-state index is -0.0220. The van der Waals surface area contributed by atoms with Crippen LogP contribution in [-0.4, -0.2) is 49.3 Å². The van der Waals surface area contributed by atoms with Crippen molar-refractivity contribution in [3.05, 3.63) is 51.6 Å². The second kappa shape index (κ2) is 11.0. The molecule has 1 saturated heterocycles. The lowest BCUT2D eigenvalue weighted by molar-refractivity contribution is 0.0468. The average Bonchev–Trinajstić information content (AvgIpc) is 3.56. The molecule has 2 aromatic heterocycles. The SMILES string of the molecule is CCC[C@@H](c1nnnn1C1CCCCC1)N(Cc1cc2cccc(C)c2[nH]c1=O)C[C@@H]1CCCO1. The molecule has 188 valence electrons. The normalized spacial score (nSPS) is 20.1. The lowest BCUT2D eigenvalue weighted by Crippen LogP contribution is -2.38. The van der Waals surface area contributed by atoms with Crippen molar-refractivity contribution in [3.8, 4) is 0 Å². The van der Waals surface area contributed by atoms with Gasteiger partial charge in [0, 0.05) is 25.3 Å². The monoisotopic (exact) mass is 478 g/mol. The number of para-hydroxylation sites is 1. The number of nitrogens with one attached hydrogen (secondary N) is 1. The summed E-state index contributed by atoms with van der Waals surface area (Å²) in [6.45, 7) is 6.36. The van der Waals surface area contributed by atoms with Crippen LogP contribution in [0.5, 0.6) is 0 Å². The summed E-state index contributed by atoms with van der Waals surface area (Å²) >= 11 is 0. The molecule has 0 spiro atoms. The molecule has 0 radical (unpaired) electrons. The van der Waals surface area contributed by atoms with E-state index in [0.717, 1.165) is 79.5 Å². The Morgan fingerprint density at radius 1 is 1.20 bits per heavy atom. The van der Waals surface area contributed by atoms with Crippen molar-refractivity contribution in [1.29, 1.82) is 0 Å². The molecular formula is C27H38N6O2. The highest BCUT2D eigenvalue weighted by atomic mass is 16.5. The maximum absolute atomic E-state index is 13.2. The number of benzene rings is 1. The van der Waals surface area contributed by atoms with Crippen LogP contribution in [-0.2, 0) is 11.3 Å². The number of fused-ring (bicyclic) bond motifs is 1. The zero-order valence-corrected chi connectivity index (χ0v) is 21.1. The number of hydrogen-bond donors (Lipinski definition) is 1. The van der Waals surface area contributed by atoms with Crippen LogP contribution in [0.1, 0.15) is 93.7 Å². The first-order valence-electron chi connectivity index (χ1n) is 13.4. The zero-order valence-electron chi connectivity index (χ0n) is 21.1. The minimum Gasteiger partial charge on any atom is -0.377 e. The van der Waals surface area contributed by atoms with Crippen molar-refractivity contribution in [2.24, 2.45) is 0 Å². The van der Waals surface area contributed by atoms with Gasteiger partial charge < -0.3 is 9.72 Å². The Bertz CT molecular complexity index is 1180. The molecule has 5 rings (SSSR count). The van der Waals surface area contributed by atoms with Gasteiger partial charge in [-0.3, -0.25) is 9.69 Å². The van der Waals surface area contributed by atoms with Crippen molar-refractivity contribution in [1.82, 2.24) is 30.1 Å². The number of rotatable bonds is 9. The number of pyridine rings is 1. The molecule has 1 aromatic carbocycles. The van der Waals surface area contributed by atoms with Gasteiger partial charge in [-0.05, 0) is 66.5 Å². The highest BCUT2D eigenvalue weighted by Gasteiger charge is 2.32. The first kappa shape index (κ1) is 24.1. The van der Waals surface area contributed by atoms with Crippen molar-refractivity contribution in [3.63, 3.8) is 0 Å². The van der Waals surface area contributed by atoms with Crippen molar-refractivity contribution in [2.75, 3.05) is 13.2 Å². The molecule has 3 aromatic rings. The quantitative estimate of drug-likeness (QED) is 0.473. The Morgan fingerprint density at radius 3 is 2.83 bits per heavy atom. The van der Waals surface area contributed by atoms with E-state index in [9.17, 15) is 4.79 Å². The van der Waals surface area contributed by atoms with Gasteiger partial charge in [-0.2, -0.15) is 0 Å². The van der Waals surface area contributed by atoms with Crippen LogP contribution in [0.3, 0.4) is 0 Å².